The van der Waals surface area contributed by atoms with E-state index in [-0.39, 0.29) is 18.5 Å². The molecule has 0 radical (unpaired) electrons. The van der Waals surface area contributed by atoms with Crippen molar-refractivity contribution in [3.8, 4) is 0 Å². The minimum atomic E-state index is -0.853. The molecule has 1 amide bonds. The summed E-state index contributed by atoms with van der Waals surface area (Å²) >= 11 is 0. The third kappa shape index (κ3) is 45.7. The van der Waals surface area contributed by atoms with Crippen LogP contribution in [-0.2, 0) is 14.3 Å². The van der Waals surface area contributed by atoms with Crippen LogP contribution in [0.3, 0.4) is 0 Å². The highest BCUT2D eigenvalue weighted by molar-refractivity contribution is 5.76. The lowest BCUT2D eigenvalue weighted by Crippen LogP contribution is -2.45. The summed E-state index contributed by atoms with van der Waals surface area (Å²) in [6, 6.07) is -0.638. The van der Waals surface area contributed by atoms with Crippen molar-refractivity contribution in [3.63, 3.8) is 0 Å². The molecule has 0 saturated heterocycles. The quantitative estimate of drug-likeness (QED) is 0.0322. The first-order chi connectivity index (χ1) is 29.0. The van der Waals surface area contributed by atoms with Crippen LogP contribution in [0.15, 0.2) is 24.3 Å². The van der Waals surface area contributed by atoms with Crippen LogP contribution in [0.2, 0.25) is 0 Å². The minimum Gasteiger partial charge on any atom is -0.466 e. The molecule has 0 aliphatic carbocycles. The molecule has 0 saturated carbocycles. The molecule has 2 atom stereocenters. The summed E-state index contributed by atoms with van der Waals surface area (Å²) in [7, 11) is 0. The molecular weight excluding hydrogens is 731 g/mol. The zero-order valence-corrected chi connectivity index (χ0v) is 39.5. The van der Waals surface area contributed by atoms with E-state index in [1.165, 1.54) is 193 Å². The summed E-state index contributed by atoms with van der Waals surface area (Å²) in [6.07, 6.45) is 57.5. The van der Waals surface area contributed by atoms with Crippen LogP contribution in [0.5, 0.6) is 0 Å². The molecule has 2 unspecified atom stereocenters. The molecule has 6 nitrogen and oxygen atoms in total. The maximum atomic E-state index is 12.4. The first-order valence-corrected chi connectivity index (χ1v) is 26.1. The smallest absolute Gasteiger partial charge is 0.305 e. The third-order valence-corrected chi connectivity index (χ3v) is 12.0. The van der Waals surface area contributed by atoms with E-state index in [4.69, 9.17) is 4.74 Å². The van der Waals surface area contributed by atoms with Gasteiger partial charge in [-0.1, -0.05) is 231 Å². The Morgan fingerprint density at radius 3 is 1.20 bits per heavy atom. The summed E-state index contributed by atoms with van der Waals surface area (Å²) in [5.41, 5.74) is 0. The highest BCUT2D eigenvalue weighted by Gasteiger charge is 2.18. The number of aliphatic hydroxyl groups excluding tert-OH is 2. The number of unbranched alkanes of at least 4 members (excludes halogenated alkanes) is 35. The topological polar surface area (TPSA) is 95.9 Å². The number of allylic oxidation sites excluding steroid dienone is 3. The zero-order valence-electron chi connectivity index (χ0n) is 39.5. The van der Waals surface area contributed by atoms with Crippen LogP contribution in [0.4, 0.5) is 0 Å². The molecule has 0 bridgehead atoms. The van der Waals surface area contributed by atoms with E-state index in [0.717, 1.165) is 57.8 Å². The molecule has 59 heavy (non-hydrogen) atoms. The van der Waals surface area contributed by atoms with Gasteiger partial charge in [0.1, 0.15) is 0 Å². The number of hydrogen-bond donors (Lipinski definition) is 3. The van der Waals surface area contributed by atoms with E-state index in [1.807, 2.05) is 6.08 Å². The van der Waals surface area contributed by atoms with Crippen molar-refractivity contribution >= 4 is 11.9 Å². The van der Waals surface area contributed by atoms with Crippen LogP contribution in [-0.4, -0.2) is 47.4 Å². The second-order valence-corrected chi connectivity index (χ2v) is 17.9. The fourth-order valence-electron chi connectivity index (χ4n) is 7.92. The number of hydrogen-bond acceptors (Lipinski definition) is 5. The molecular formula is C53H101NO5. The zero-order chi connectivity index (χ0) is 43.0. The van der Waals surface area contributed by atoms with E-state index in [1.54, 1.807) is 6.08 Å². The molecule has 0 aliphatic rings. The van der Waals surface area contributed by atoms with Crippen LogP contribution < -0.4 is 5.32 Å². The number of aliphatic hydroxyl groups is 2. The van der Waals surface area contributed by atoms with Gasteiger partial charge in [-0.15, -0.1) is 0 Å². The number of carbonyl (C=O) groups excluding carboxylic acids is 2. The van der Waals surface area contributed by atoms with Gasteiger partial charge in [-0.2, -0.15) is 0 Å². The average molecular weight is 832 g/mol. The lowest BCUT2D eigenvalue weighted by atomic mass is 10.0. The molecule has 0 heterocycles. The minimum absolute atomic E-state index is 0.0141. The summed E-state index contributed by atoms with van der Waals surface area (Å²) in [5, 5.41) is 23.0. The van der Waals surface area contributed by atoms with Crippen molar-refractivity contribution in [2.45, 2.75) is 289 Å². The number of amides is 1. The van der Waals surface area contributed by atoms with Crippen molar-refractivity contribution in [1.82, 2.24) is 5.32 Å². The monoisotopic (exact) mass is 832 g/mol. The molecule has 348 valence electrons. The molecule has 0 aromatic carbocycles. The van der Waals surface area contributed by atoms with Crippen LogP contribution in [0.1, 0.15) is 277 Å². The molecule has 0 aliphatic heterocycles. The highest BCUT2D eigenvalue weighted by atomic mass is 16.5. The molecule has 0 aromatic heterocycles. The van der Waals surface area contributed by atoms with Crippen LogP contribution >= 0.6 is 0 Å². The van der Waals surface area contributed by atoms with Gasteiger partial charge in [-0.05, 0) is 57.8 Å². The largest absolute Gasteiger partial charge is 0.466 e. The molecule has 6 heteroatoms. The van der Waals surface area contributed by atoms with Gasteiger partial charge in [-0.3, -0.25) is 9.59 Å². The molecule has 0 aromatic rings. The summed E-state index contributed by atoms with van der Waals surface area (Å²) in [5.74, 6) is -0.0985. The summed E-state index contributed by atoms with van der Waals surface area (Å²) in [4.78, 5) is 24.5. The second-order valence-electron chi connectivity index (χ2n) is 17.9. The number of nitrogens with one attached hydrogen (secondary N) is 1. The standard InChI is InChI=1S/C53H101NO5/c1-3-5-7-9-11-13-15-17-18-19-20-21-22-27-31-35-39-43-47-53(58)59-48-44-40-36-32-28-24-23-26-30-34-38-42-46-52(57)54-50(49-55)51(56)45-41-37-33-29-25-16-14-12-10-8-6-4-2/h18-19,41,45,50-51,55-56H,3-17,20-40,42-44,46-49H2,1-2H3,(H,54,57)/b19-18-,45-41+. The van der Waals surface area contributed by atoms with E-state index < -0.39 is 12.1 Å². The lowest BCUT2D eigenvalue weighted by Gasteiger charge is -2.20. The van der Waals surface area contributed by atoms with E-state index in [2.05, 4.69) is 31.3 Å². The van der Waals surface area contributed by atoms with Gasteiger partial charge in [0.25, 0.3) is 0 Å². The molecule has 0 rings (SSSR count). The van der Waals surface area contributed by atoms with E-state index in [0.29, 0.717) is 19.4 Å². The molecule has 0 fully saturated rings. The average Bonchev–Trinajstić information content (AvgIpc) is 3.24. The number of rotatable bonds is 48. The fraction of sp³-hybridized carbons (Fsp3) is 0.887. The van der Waals surface area contributed by atoms with Crippen molar-refractivity contribution in [3.05, 3.63) is 24.3 Å². The Labute approximate surface area is 367 Å². The van der Waals surface area contributed by atoms with Gasteiger partial charge in [0.15, 0.2) is 0 Å². The fourth-order valence-corrected chi connectivity index (χ4v) is 7.92. The van der Waals surface area contributed by atoms with Gasteiger partial charge in [0.2, 0.25) is 5.91 Å². The Bertz CT molecular complexity index is 920. The van der Waals surface area contributed by atoms with Gasteiger partial charge in [-0.25, -0.2) is 0 Å². The SMILES string of the molecule is CCCCCCCCC/C=C\CCCCCCCCCC(=O)OCCCCCCCCCCCCCCC(=O)NC(CO)C(O)/C=C/CCCCCCCCCCCC. The first-order valence-electron chi connectivity index (χ1n) is 26.1. The van der Waals surface area contributed by atoms with Gasteiger partial charge in [0, 0.05) is 12.8 Å². The van der Waals surface area contributed by atoms with Crippen LogP contribution in [0, 0.1) is 0 Å². The predicted molar refractivity (Wildman–Crippen MR) is 255 cm³/mol. The third-order valence-electron chi connectivity index (χ3n) is 12.0. The number of esters is 1. The molecule has 3 N–H and O–H groups in total. The maximum Gasteiger partial charge on any atom is 0.305 e. The van der Waals surface area contributed by atoms with Crippen molar-refractivity contribution < 1.29 is 24.5 Å². The van der Waals surface area contributed by atoms with Gasteiger partial charge >= 0.3 is 5.97 Å². The van der Waals surface area contributed by atoms with Gasteiger partial charge < -0.3 is 20.3 Å². The highest BCUT2D eigenvalue weighted by Crippen LogP contribution is 2.15. The van der Waals surface area contributed by atoms with E-state index in [9.17, 15) is 19.8 Å². The summed E-state index contributed by atoms with van der Waals surface area (Å²) in [6.45, 7) is 4.86. The Morgan fingerprint density at radius 2 is 0.797 bits per heavy atom. The summed E-state index contributed by atoms with van der Waals surface area (Å²) < 4.78 is 5.47. The predicted octanol–water partition coefficient (Wildman–Crippen LogP) is 15.5. The van der Waals surface area contributed by atoms with Crippen LogP contribution in [0.25, 0.3) is 0 Å². The normalized spacial score (nSPS) is 12.8. The lowest BCUT2D eigenvalue weighted by molar-refractivity contribution is -0.143. The van der Waals surface area contributed by atoms with E-state index >= 15 is 0 Å². The van der Waals surface area contributed by atoms with Gasteiger partial charge in [0.05, 0.1) is 25.4 Å². The number of carbonyl (C=O) groups is 2. The van der Waals surface area contributed by atoms with Crippen molar-refractivity contribution in [1.29, 1.82) is 0 Å². The second kappa shape index (κ2) is 49.0. The Balaban J connectivity index is 3.46. The number of ether oxygens (including phenoxy) is 1. The molecule has 0 spiro atoms. The Hall–Kier alpha value is -1.66. The first kappa shape index (κ1) is 57.3. The van der Waals surface area contributed by atoms with Crippen molar-refractivity contribution in [2.24, 2.45) is 0 Å². The van der Waals surface area contributed by atoms with Crippen molar-refractivity contribution in [2.75, 3.05) is 13.2 Å². The Morgan fingerprint density at radius 1 is 0.458 bits per heavy atom. The Kier molecular flexibility index (Phi) is 47.6. The maximum absolute atomic E-state index is 12.4.